The summed E-state index contributed by atoms with van der Waals surface area (Å²) in [4.78, 5) is 6.01. The van der Waals surface area contributed by atoms with Crippen molar-refractivity contribution in [2.24, 2.45) is 0 Å². The van der Waals surface area contributed by atoms with E-state index < -0.39 is 0 Å². The van der Waals surface area contributed by atoms with E-state index in [1.807, 2.05) is 12.1 Å². The second kappa shape index (κ2) is 3.46. The Bertz CT molecular complexity index is 440. The van der Waals surface area contributed by atoms with Crippen molar-refractivity contribution < 1.29 is 0 Å². The monoisotopic (exact) mass is 202 g/mol. The molecule has 4 nitrogen and oxygen atoms in total. The zero-order valence-corrected chi connectivity index (χ0v) is 9.18. The Morgan fingerprint density at radius 1 is 1.07 bits per heavy atom. The van der Waals surface area contributed by atoms with Crippen LogP contribution in [0.1, 0.15) is 26.5 Å². The normalized spacial score (nSPS) is 11.7. The minimum atomic E-state index is -0.00970. The van der Waals surface area contributed by atoms with E-state index >= 15 is 0 Å². The average molecular weight is 202 g/mol. The average Bonchev–Trinajstić information content (AvgIpc) is 2.69. The van der Waals surface area contributed by atoms with Crippen molar-refractivity contribution in [2.45, 2.75) is 26.2 Å². The summed E-state index contributed by atoms with van der Waals surface area (Å²) in [6, 6.07) is 3.88. The van der Waals surface area contributed by atoms with E-state index in [-0.39, 0.29) is 5.41 Å². The Labute approximate surface area is 89.0 Å². The molecule has 0 aliphatic heterocycles. The summed E-state index contributed by atoms with van der Waals surface area (Å²) in [5.41, 5.74) is 1.93. The van der Waals surface area contributed by atoms with Gasteiger partial charge in [-0.3, -0.25) is 4.98 Å². The molecule has 0 aromatic carbocycles. The van der Waals surface area contributed by atoms with Gasteiger partial charge < -0.3 is 0 Å². The molecule has 0 unspecified atom stereocenters. The predicted octanol–water partition coefficient (Wildman–Crippen LogP) is 1.96. The van der Waals surface area contributed by atoms with Gasteiger partial charge in [-0.25, -0.2) is 0 Å². The van der Waals surface area contributed by atoms with Crippen molar-refractivity contribution in [1.29, 1.82) is 0 Å². The van der Waals surface area contributed by atoms with Crippen LogP contribution in [0.3, 0.4) is 0 Å². The molecule has 0 spiro atoms. The van der Waals surface area contributed by atoms with E-state index in [1.54, 1.807) is 23.4 Å². The molecule has 15 heavy (non-hydrogen) atoms. The Morgan fingerprint density at radius 3 is 2.33 bits per heavy atom. The fraction of sp³-hybridized carbons (Fsp3) is 0.364. The van der Waals surface area contributed by atoms with Gasteiger partial charge >= 0.3 is 0 Å². The Balaban J connectivity index is 2.58. The van der Waals surface area contributed by atoms with E-state index in [0.717, 1.165) is 11.4 Å². The first-order valence-electron chi connectivity index (χ1n) is 4.91. The molecular weight excluding hydrogens is 188 g/mol. The van der Waals surface area contributed by atoms with Gasteiger partial charge in [0.25, 0.3) is 0 Å². The summed E-state index contributed by atoms with van der Waals surface area (Å²) in [6.45, 7) is 6.38. The zero-order chi connectivity index (χ0) is 10.9. The molecule has 78 valence electrons. The SMILES string of the molecule is CC(C)(C)c1ncccc1-n1nccn1. The topological polar surface area (TPSA) is 43.6 Å². The molecule has 0 aliphatic rings. The van der Waals surface area contributed by atoms with Crippen molar-refractivity contribution in [2.75, 3.05) is 0 Å². The van der Waals surface area contributed by atoms with E-state index in [4.69, 9.17) is 0 Å². The third kappa shape index (κ3) is 1.88. The van der Waals surface area contributed by atoms with E-state index in [1.165, 1.54) is 0 Å². The standard InChI is InChI=1S/C11H14N4/c1-11(2,3)10-9(5-4-6-12-10)15-13-7-8-14-15/h4-8H,1-3H3. The van der Waals surface area contributed by atoms with Crippen LogP contribution in [-0.4, -0.2) is 20.0 Å². The van der Waals surface area contributed by atoms with Gasteiger partial charge in [0, 0.05) is 11.6 Å². The van der Waals surface area contributed by atoms with Gasteiger partial charge in [0.2, 0.25) is 0 Å². The van der Waals surface area contributed by atoms with Crippen LogP contribution in [0.15, 0.2) is 30.7 Å². The lowest BCUT2D eigenvalue weighted by Gasteiger charge is -2.20. The maximum absolute atomic E-state index is 4.41. The Kier molecular flexibility index (Phi) is 2.26. The van der Waals surface area contributed by atoms with E-state index in [9.17, 15) is 0 Å². The summed E-state index contributed by atoms with van der Waals surface area (Å²) < 4.78 is 0. The lowest BCUT2D eigenvalue weighted by atomic mass is 9.90. The van der Waals surface area contributed by atoms with Gasteiger partial charge in [-0.15, -0.1) is 4.80 Å². The lowest BCUT2D eigenvalue weighted by Crippen LogP contribution is -2.18. The fourth-order valence-corrected chi connectivity index (χ4v) is 1.48. The molecule has 2 aromatic rings. The van der Waals surface area contributed by atoms with Crippen LogP contribution >= 0.6 is 0 Å². The summed E-state index contributed by atoms with van der Waals surface area (Å²) >= 11 is 0. The molecule has 0 aliphatic carbocycles. The minimum Gasteiger partial charge on any atom is -0.258 e. The molecule has 2 heterocycles. The fourth-order valence-electron chi connectivity index (χ4n) is 1.48. The van der Waals surface area contributed by atoms with Gasteiger partial charge in [-0.2, -0.15) is 10.2 Å². The molecule has 0 saturated carbocycles. The number of rotatable bonds is 1. The quantitative estimate of drug-likeness (QED) is 0.710. The number of hydrogen-bond acceptors (Lipinski definition) is 3. The summed E-state index contributed by atoms with van der Waals surface area (Å²) in [5, 5.41) is 8.25. The number of nitrogens with zero attached hydrogens (tertiary/aromatic N) is 4. The van der Waals surface area contributed by atoms with Crippen LogP contribution in [0, 0.1) is 0 Å². The third-order valence-corrected chi connectivity index (χ3v) is 2.13. The maximum atomic E-state index is 4.41. The summed E-state index contributed by atoms with van der Waals surface area (Å²) in [7, 11) is 0. The second-order valence-electron chi connectivity index (χ2n) is 4.44. The molecule has 0 amide bonds. The van der Waals surface area contributed by atoms with Crippen LogP contribution in [-0.2, 0) is 5.41 Å². The largest absolute Gasteiger partial charge is 0.258 e. The third-order valence-electron chi connectivity index (χ3n) is 2.13. The molecule has 0 fully saturated rings. The Hall–Kier alpha value is -1.71. The first-order valence-corrected chi connectivity index (χ1v) is 4.91. The van der Waals surface area contributed by atoms with E-state index in [2.05, 4.69) is 36.0 Å². The molecule has 0 saturated heterocycles. The summed E-state index contributed by atoms with van der Waals surface area (Å²) in [5.74, 6) is 0. The lowest BCUT2D eigenvalue weighted by molar-refractivity contribution is 0.556. The van der Waals surface area contributed by atoms with E-state index in [0.29, 0.717) is 0 Å². The molecule has 0 radical (unpaired) electrons. The van der Waals surface area contributed by atoms with Crippen molar-refractivity contribution in [3.63, 3.8) is 0 Å². The number of hydrogen-bond donors (Lipinski definition) is 0. The maximum Gasteiger partial charge on any atom is 0.108 e. The van der Waals surface area contributed by atoms with Crippen LogP contribution in [0.5, 0.6) is 0 Å². The van der Waals surface area contributed by atoms with Gasteiger partial charge in [0.15, 0.2) is 0 Å². The zero-order valence-electron chi connectivity index (χ0n) is 9.18. The van der Waals surface area contributed by atoms with Crippen LogP contribution in [0.2, 0.25) is 0 Å². The van der Waals surface area contributed by atoms with Crippen molar-refractivity contribution in [1.82, 2.24) is 20.0 Å². The first kappa shape index (κ1) is 9.83. The van der Waals surface area contributed by atoms with Gasteiger partial charge in [0.1, 0.15) is 5.69 Å². The molecule has 0 atom stereocenters. The molecule has 2 aromatic heterocycles. The Morgan fingerprint density at radius 2 is 1.73 bits per heavy atom. The van der Waals surface area contributed by atoms with Crippen LogP contribution in [0.4, 0.5) is 0 Å². The second-order valence-corrected chi connectivity index (χ2v) is 4.44. The highest BCUT2D eigenvalue weighted by molar-refractivity contribution is 5.37. The number of aromatic nitrogens is 4. The van der Waals surface area contributed by atoms with Crippen LogP contribution in [0.25, 0.3) is 5.69 Å². The van der Waals surface area contributed by atoms with Crippen molar-refractivity contribution in [3.8, 4) is 5.69 Å². The van der Waals surface area contributed by atoms with Gasteiger partial charge in [0.05, 0.1) is 18.1 Å². The predicted molar refractivity (Wildman–Crippen MR) is 57.9 cm³/mol. The smallest absolute Gasteiger partial charge is 0.108 e. The highest BCUT2D eigenvalue weighted by atomic mass is 15.5. The number of pyridine rings is 1. The highest BCUT2D eigenvalue weighted by Crippen LogP contribution is 2.24. The molecule has 0 N–H and O–H groups in total. The molecule has 4 heteroatoms. The summed E-state index contributed by atoms with van der Waals surface area (Å²) in [6.07, 6.45) is 5.13. The minimum absolute atomic E-state index is 0.00970. The molecular formula is C11H14N4. The first-order chi connectivity index (χ1) is 7.09. The molecule has 2 rings (SSSR count). The van der Waals surface area contributed by atoms with Crippen molar-refractivity contribution >= 4 is 0 Å². The van der Waals surface area contributed by atoms with Gasteiger partial charge in [-0.1, -0.05) is 20.8 Å². The highest BCUT2D eigenvalue weighted by Gasteiger charge is 2.20. The van der Waals surface area contributed by atoms with Crippen LogP contribution < -0.4 is 0 Å². The van der Waals surface area contributed by atoms with Gasteiger partial charge in [-0.05, 0) is 12.1 Å². The molecule has 0 bridgehead atoms. The van der Waals surface area contributed by atoms with Crippen molar-refractivity contribution in [3.05, 3.63) is 36.4 Å².